The van der Waals surface area contributed by atoms with E-state index in [0.29, 0.717) is 34.4 Å². The summed E-state index contributed by atoms with van der Waals surface area (Å²) >= 11 is 0. The second-order valence-corrected chi connectivity index (χ2v) is 10.6. The number of hydrogen-bond acceptors (Lipinski definition) is 1. The lowest BCUT2D eigenvalue weighted by Crippen LogP contribution is -2.22. The smallest absolute Gasteiger partial charge is 0.201 e. The van der Waals surface area contributed by atoms with Gasteiger partial charge in [0, 0.05) is 23.2 Å². The Balaban J connectivity index is 1.32. The summed E-state index contributed by atoms with van der Waals surface area (Å²) in [6, 6.07) is 12.2. The lowest BCUT2D eigenvalue weighted by Gasteiger charge is -2.34. The van der Waals surface area contributed by atoms with Crippen LogP contribution in [0.1, 0.15) is 50.5 Å². The van der Waals surface area contributed by atoms with Crippen molar-refractivity contribution in [2.45, 2.75) is 44.9 Å². The average Bonchev–Trinajstić information content (AvgIpc) is 2.97. The largest absolute Gasteiger partial charge is 0.500 e. The van der Waals surface area contributed by atoms with Gasteiger partial charge in [0.25, 0.3) is 0 Å². The molecule has 0 aliphatic heterocycles. The Kier molecular flexibility index (Phi) is 8.30. The van der Waals surface area contributed by atoms with Crippen molar-refractivity contribution in [3.63, 3.8) is 0 Å². The number of ether oxygens (including phenoxy) is 1. The minimum absolute atomic E-state index is 0.0294. The van der Waals surface area contributed by atoms with E-state index in [0.717, 1.165) is 24.8 Å². The number of allylic oxidation sites excluding steroid dienone is 3. The van der Waals surface area contributed by atoms with Crippen LogP contribution >= 0.6 is 0 Å². The van der Waals surface area contributed by atoms with Crippen LogP contribution in [-0.4, -0.2) is 14.4 Å². The lowest BCUT2D eigenvalue weighted by atomic mass is 9.71. The third-order valence-corrected chi connectivity index (χ3v) is 8.49. The maximum atomic E-state index is 15.3. The second-order valence-electron chi connectivity index (χ2n) is 10.6. The van der Waals surface area contributed by atoms with Crippen LogP contribution in [0.2, 0.25) is 0 Å². The molecule has 1 nitrogen and oxygen atoms in total. The number of rotatable bonds is 7. The SMILES string of the molecule is [B]COc1ccc(-c2ccc(-c3ccc(C4=CCC(C5CCC(C=C)CC5)CC4)c(F)c3F)cc2)c(F)c1F. The first-order valence-electron chi connectivity index (χ1n) is 13.6. The standard InChI is InChI=1S/C33H31BF4O/c1-2-20-3-5-21(6-4-20)22-7-9-23(10-8-22)26-15-16-27(31(36)30(26)35)24-11-13-25(14-12-24)28-17-18-29(39-19-34)33(38)32(28)37/h2,9,11-18,20-22H,1,3-8,10,19H2. The molecule has 5 rings (SSSR count). The molecule has 1 unspecified atom stereocenters. The van der Waals surface area contributed by atoms with Gasteiger partial charge in [-0.05, 0) is 91.5 Å². The van der Waals surface area contributed by atoms with E-state index >= 15 is 8.78 Å². The molecule has 2 radical (unpaired) electrons. The Morgan fingerprint density at radius 2 is 1.28 bits per heavy atom. The van der Waals surface area contributed by atoms with E-state index in [2.05, 4.69) is 18.7 Å². The van der Waals surface area contributed by atoms with Crippen LogP contribution in [0.5, 0.6) is 5.75 Å². The van der Waals surface area contributed by atoms with Crippen molar-refractivity contribution in [2.24, 2.45) is 17.8 Å². The quantitative estimate of drug-likeness (QED) is 0.168. The predicted octanol–water partition coefficient (Wildman–Crippen LogP) is 9.26. The van der Waals surface area contributed by atoms with Crippen LogP contribution in [0.15, 0.2) is 67.3 Å². The first-order valence-corrected chi connectivity index (χ1v) is 13.6. The van der Waals surface area contributed by atoms with Crippen molar-refractivity contribution in [2.75, 3.05) is 6.51 Å². The van der Waals surface area contributed by atoms with Crippen LogP contribution in [0.4, 0.5) is 17.6 Å². The van der Waals surface area contributed by atoms with E-state index in [1.165, 1.54) is 37.8 Å². The van der Waals surface area contributed by atoms with Gasteiger partial charge in [0.05, 0.1) is 0 Å². The maximum absolute atomic E-state index is 15.3. The summed E-state index contributed by atoms with van der Waals surface area (Å²) in [5, 5.41) is 0. The van der Waals surface area contributed by atoms with E-state index in [1.54, 1.807) is 36.4 Å². The zero-order valence-corrected chi connectivity index (χ0v) is 21.9. The van der Waals surface area contributed by atoms with Crippen LogP contribution in [-0.2, 0) is 0 Å². The minimum atomic E-state index is -1.13. The summed E-state index contributed by atoms with van der Waals surface area (Å²) in [7, 11) is 5.24. The molecule has 0 aromatic heterocycles. The summed E-state index contributed by atoms with van der Waals surface area (Å²) < 4.78 is 64.2. The normalized spacial score (nSPS) is 21.3. The Labute approximate surface area is 229 Å². The highest BCUT2D eigenvalue weighted by molar-refractivity contribution is 6.08. The van der Waals surface area contributed by atoms with Gasteiger partial charge in [0.15, 0.2) is 23.2 Å². The van der Waals surface area contributed by atoms with E-state index < -0.39 is 23.3 Å². The molecule has 6 heteroatoms. The Hall–Kier alpha value is -3.28. The van der Waals surface area contributed by atoms with E-state index in [4.69, 9.17) is 12.6 Å². The Morgan fingerprint density at radius 3 is 1.85 bits per heavy atom. The summed E-state index contributed by atoms with van der Waals surface area (Å²) in [5.74, 6) is -2.29. The van der Waals surface area contributed by atoms with Gasteiger partial charge in [-0.1, -0.05) is 48.6 Å². The molecule has 3 aromatic rings. The topological polar surface area (TPSA) is 9.23 Å². The van der Waals surface area contributed by atoms with Gasteiger partial charge >= 0.3 is 0 Å². The highest BCUT2D eigenvalue weighted by Gasteiger charge is 2.29. The van der Waals surface area contributed by atoms with Gasteiger partial charge < -0.3 is 4.74 Å². The molecule has 0 heterocycles. The maximum Gasteiger partial charge on any atom is 0.201 e. The Morgan fingerprint density at radius 1 is 0.718 bits per heavy atom. The average molecular weight is 530 g/mol. The van der Waals surface area contributed by atoms with Gasteiger partial charge in [0.1, 0.15) is 7.85 Å². The van der Waals surface area contributed by atoms with Crippen molar-refractivity contribution in [3.05, 3.63) is 96.1 Å². The number of benzene rings is 3. The molecule has 200 valence electrons. The first-order chi connectivity index (χ1) is 18.9. The molecule has 2 aliphatic rings. The van der Waals surface area contributed by atoms with E-state index in [-0.39, 0.29) is 23.4 Å². The highest BCUT2D eigenvalue weighted by Crippen LogP contribution is 2.42. The van der Waals surface area contributed by atoms with Crippen molar-refractivity contribution in [1.29, 1.82) is 0 Å². The minimum Gasteiger partial charge on any atom is -0.500 e. The third kappa shape index (κ3) is 5.57. The van der Waals surface area contributed by atoms with E-state index in [1.807, 2.05) is 0 Å². The molecule has 2 aliphatic carbocycles. The van der Waals surface area contributed by atoms with Gasteiger partial charge in [-0.25, -0.2) is 13.2 Å². The molecule has 0 spiro atoms. The first kappa shape index (κ1) is 27.3. The molecule has 39 heavy (non-hydrogen) atoms. The zero-order chi connectivity index (χ0) is 27.5. The van der Waals surface area contributed by atoms with Crippen molar-refractivity contribution in [3.8, 4) is 28.0 Å². The highest BCUT2D eigenvalue weighted by atomic mass is 19.2. The molecule has 1 fully saturated rings. The molecule has 1 saturated carbocycles. The van der Waals surface area contributed by atoms with Gasteiger partial charge in [0.2, 0.25) is 5.82 Å². The molecule has 3 aromatic carbocycles. The molecule has 1 atom stereocenters. The predicted molar refractivity (Wildman–Crippen MR) is 149 cm³/mol. The number of halogens is 4. The van der Waals surface area contributed by atoms with Crippen molar-refractivity contribution >= 4 is 13.4 Å². The monoisotopic (exact) mass is 530 g/mol. The second kappa shape index (κ2) is 11.9. The van der Waals surface area contributed by atoms with Crippen molar-refractivity contribution < 1.29 is 22.3 Å². The zero-order valence-electron chi connectivity index (χ0n) is 21.9. The summed E-state index contributed by atoms with van der Waals surface area (Å²) in [6.45, 7) is 3.65. The van der Waals surface area contributed by atoms with Crippen LogP contribution in [0.25, 0.3) is 27.8 Å². The van der Waals surface area contributed by atoms with Gasteiger partial charge in [-0.3, -0.25) is 0 Å². The summed E-state index contributed by atoms with van der Waals surface area (Å²) in [5.41, 5.74) is 2.17. The van der Waals surface area contributed by atoms with Gasteiger partial charge in [-0.2, -0.15) is 4.39 Å². The van der Waals surface area contributed by atoms with Crippen LogP contribution < -0.4 is 4.74 Å². The fourth-order valence-electron chi connectivity index (χ4n) is 6.19. The number of hydrogen-bond donors (Lipinski definition) is 0. The molecular weight excluding hydrogens is 499 g/mol. The molecular formula is C33H31BF4O. The molecule has 0 amide bonds. The van der Waals surface area contributed by atoms with E-state index in [9.17, 15) is 8.78 Å². The molecule has 0 N–H and O–H groups in total. The third-order valence-electron chi connectivity index (χ3n) is 8.49. The molecule has 0 saturated heterocycles. The van der Waals surface area contributed by atoms with Crippen LogP contribution in [0.3, 0.4) is 0 Å². The fourth-order valence-corrected chi connectivity index (χ4v) is 6.19. The fraction of sp³-hybridized carbons (Fsp3) is 0.333. The molecule has 0 bridgehead atoms. The Bertz CT molecular complexity index is 1370. The summed E-state index contributed by atoms with van der Waals surface area (Å²) in [4.78, 5) is 0. The summed E-state index contributed by atoms with van der Waals surface area (Å²) in [6.07, 6.45) is 11.6. The van der Waals surface area contributed by atoms with Gasteiger partial charge in [-0.15, -0.1) is 6.58 Å². The van der Waals surface area contributed by atoms with Crippen molar-refractivity contribution in [1.82, 2.24) is 0 Å². The lowest BCUT2D eigenvalue weighted by molar-refractivity contribution is 0.212. The van der Waals surface area contributed by atoms with Crippen LogP contribution in [0, 0.1) is 41.0 Å².